The van der Waals surface area contributed by atoms with E-state index in [1.54, 1.807) is 12.5 Å². The van der Waals surface area contributed by atoms with Crippen molar-refractivity contribution in [1.82, 2.24) is 0 Å². The first-order valence-electron chi connectivity index (χ1n) is 9.79. The van der Waals surface area contributed by atoms with E-state index in [0.717, 1.165) is 35.2 Å². The fraction of sp³-hybridized carbons (Fsp3) is 0.318. The summed E-state index contributed by atoms with van der Waals surface area (Å²) in [6, 6.07) is 15.7. The third kappa shape index (κ3) is 4.84. The number of nitrogens with zero attached hydrogens (tertiary/aromatic N) is 1. The molecule has 3 heterocycles. The van der Waals surface area contributed by atoms with E-state index in [9.17, 15) is 4.79 Å². The van der Waals surface area contributed by atoms with Crippen LogP contribution in [0.5, 0.6) is 0 Å². The SMILES string of the molecule is O=C(C[NH+](Cc1ccco1)Cc1ccco1)Nc1ccc(N2CCCC2)cc1. The molecule has 0 bridgehead atoms. The molecule has 6 heteroatoms. The van der Waals surface area contributed by atoms with E-state index < -0.39 is 0 Å². The number of anilines is 2. The van der Waals surface area contributed by atoms with Crippen LogP contribution in [0.15, 0.2) is 69.9 Å². The molecule has 0 atom stereocenters. The highest BCUT2D eigenvalue weighted by Crippen LogP contribution is 2.21. The van der Waals surface area contributed by atoms with Crippen molar-refractivity contribution in [2.24, 2.45) is 0 Å². The van der Waals surface area contributed by atoms with E-state index in [1.165, 1.54) is 18.5 Å². The molecule has 0 saturated carbocycles. The Hall–Kier alpha value is -2.99. The Labute approximate surface area is 164 Å². The van der Waals surface area contributed by atoms with Gasteiger partial charge in [0.2, 0.25) is 0 Å². The molecule has 28 heavy (non-hydrogen) atoms. The van der Waals surface area contributed by atoms with Crippen LogP contribution >= 0.6 is 0 Å². The molecule has 1 amide bonds. The summed E-state index contributed by atoms with van der Waals surface area (Å²) in [7, 11) is 0. The number of rotatable bonds is 8. The van der Waals surface area contributed by atoms with Crippen LogP contribution in [0, 0.1) is 0 Å². The molecule has 0 spiro atoms. The minimum atomic E-state index is -0.0259. The molecule has 0 radical (unpaired) electrons. The predicted molar refractivity (Wildman–Crippen MR) is 107 cm³/mol. The standard InChI is InChI=1S/C22H25N3O3/c26-22(23-18-7-9-19(10-8-18)25-11-1-2-12-25)17-24(15-20-5-3-13-27-20)16-21-6-4-14-28-21/h3-10,13-14H,1-2,11-12,15-17H2,(H,23,26)/p+1. The van der Waals surface area contributed by atoms with Crippen LogP contribution in [0.25, 0.3) is 0 Å². The summed E-state index contributed by atoms with van der Waals surface area (Å²) in [4.78, 5) is 16.0. The molecule has 1 aliphatic rings. The van der Waals surface area contributed by atoms with Gasteiger partial charge in [-0.05, 0) is 61.4 Å². The summed E-state index contributed by atoms with van der Waals surface area (Å²) >= 11 is 0. The van der Waals surface area contributed by atoms with Crippen LogP contribution in [0.2, 0.25) is 0 Å². The first-order valence-corrected chi connectivity index (χ1v) is 9.79. The molecule has 1 aliphatic heterocycles. The lowest BCUT2D eigenvalue weighted by molar-refractivity contribution is -0.921. The van der Waals surface area contributed by atoms with Gasteiger partial charge in [0.25, 0.3) is 5.91 Å². The maximum atomic E-state index is 12.6. The molecule has 0 unspecified atom stereocenters. The lowest BCUT2D eigenvalue weighted by atomic mass is 10.2. The summed E-state index contributed by atoms with van der Waals surface area (Å²) in [5.41, 5.74) is 2.04. The Balaban J connectivity index is 1.36. The van der Waals surface area contributed by atoms with Gasteiger partial charge < -0.3 is 24.0 Å². The summed E-state index contributed by atoms with van der Waals surface area (Å²) in [6.07, 6.45) is 5.81. The van der Waals surface area contributed by atoms with E-state index in [1.807, 2.05) is 36.4 Å². The van der Waals surface area contributed by atoms with Crippen LogP contribution in [-0.2, 0) is 17.9 Å². The first kappa shape index (κ1) is 18.4. The van der Waals surface area contributed by atoms with Gasteiger partial charge in [-0.2, -0.15) is 0 Å². The molecule has 2 aromatic heterocycles. The molecule has 1 fully saturated rings. The second-order valence-electron chi connectivity index (χ2n) is 7.23. The molecule has 3 aromatic rings. The summed E-state index contributed by atoms with van der Waals surface area (Å²) in [6.45, 7) is 3.80. The number of amides is 1. The quantitative estimate of drug-likeness (QED) is 0.631. The van der Waals surface area contributed by atoms with E-state index in [0.29, 0.717) is 19.6 Å². The fourth-order valence-corrected chi connectivity index (χ4v) is 3.67. The number of benzene rings is 1. The first-order chi connectivity index (χ1) is 13.8. The smallest absolute Gasteiger partial charge is 0.279 e. The topological polar surface area (TPSA) is 63.1 Å². The highest BCUT2D eigenvalue weighted by molar-refractivity contribution is 5.91. The summed E-state index contributed by atoms with van der Waals surface area (Å²) in [5, 5.41) is 3.01. The van der Waals surface area contributed by atoms with E-state index >= 15 is 0 Å². The molecule has 0 aliphatic carbocycles. The molecular formula is C22H26N3O3+. The van der Waals surface area contributed by atoms with Crippen molar-refractivity contribution in [2.45, 2.75) is 25.9 Å². The summed E-state index contributed by atoms with van der Waals surface area (Å²) in [5.74, 6) is 1.68. The van der Waals surface area contributed by atoms with Crippen LogP contribution in [0.4, 0.5) is 11.4 Å². The summed E-state index contributed by atoms with van der Waals surface area (Å²) < 4.78 is 10.9. The van der Waals surface area contributed by atoms with Gasteiger partial charge in [-0.3, -0.25) is 4.79 Å². The third-order valence-electron chi connectivity index (χ3n) is 5.04. The Morgan fingerprint density at radius 1 is 0.929 bits per heavy atom. The second kappa shape index (κ2) is 8.80. The average molecular weight is 380 g/mol. The van der Waals surface area contributed by atoms with E-state index in [-0.39, 0.29) is 5.91 Å². The van der Waals surface area contributed by atoms with Gasteiger partial charge in [0.15, 0.2) is 18.1 Å². The van der Waals surface area contributed by atoms with Gasteiger partial charge >= 0.3 is 0 Å². The number of quaternary nitrogens is 1. The number of nitrogens with one attached hydrogen (secondary N) is 2. The highest BCUT2D eigenvalue weighted by Gasteiger charge is 2.19. The monoisotopic (exact) mass is 380 g/mol. The molecule has 1 saturated heterocycles. The van der Waals surface area contributed by atoms with Crippen molar-refractivity contribution < 1.29 is 18.5 Å². The Kier molecular flexibility index (Phi) is 5.77. The fourth-order valence-electron chi connectivity index (χ4n) is 3.67. The Morgan fingerprint density at radius 3 is 2.07 bits per heavy atom. The van der Waals surface area contributed by atoms with Crippen LogP contribution in [0.1, 0.15) is 24.4 Å². The normalized spacial score (nSPS) is 14.0. The third-order valence-corrected chi connectivity index (χ3v) is 5.04. The predicted octanol–water partition coefficient (Wildman–Crippen LogP) is 2.70. The van der Waals surface area contributed by atoms with Gasteiger partial charge in [0.1, 0.15) is 13.1 Å². The second-order valence-corrected chi connectivity index (χ2v) is 7.23. The van der Waals surface area contributed by atoms with E-state index in [2.05, 4.69) is 22.3 Å². The highest BCUT2D eigenvalue weighted by atomic mass is 16.3. The van der Waals surface area contributed by atoms with Crippen molar-refractivity contribution >= 4 is 17.3 Å². The van der Waals surface area contributed by atoms with Gasteiger partial charge in [0.05, 0.1) is 12.5 Å². The average Bonchev–Trinajstić information content (AvgIpc) is 3.46. The number of furan rings is 2. The molecular weight excluding hydrogens is 354 g/mol. The molecule has 146 valence electrons. The van der Waals surface area contributed by atoms with Crippen LogP contribution < -0.4 is 15.1 Å². The lowest BCUT2D eigenvalue weighted by Crippen LogP contribution is -3.10. The van der Waals surface area contributed by atoms with Gasteiger partial charge in [-0.25, -0.2) is 0 Å². The Morgan fingerprint density at radius 2 is 1.54 bits per heavy atom. The molecule has 2 N–H and O–H groups in total. The zero-order chi connectivity index (χ0) is 19.2. The van der Waals surface area contributed by atoms with Gasteiger partial charge in [-0.15, -0.1) is 0 Å². The van der Waals surface area contributed by atoms with Crippen LogP contribution in [0.3, 0.4) is 0 Å². The largest absolute Gasteiger partial charge is 0.463 e. The van der Waals surface area contributed by atoms with Crippen molar-refractivity contribution in [2.75, 3.05) is 29.9 Å². The van der Waals surface area contributed by atoms with Crippen LogP contribution in [-0.4, -0.2) is 25.5 Å². The lowest BCUT2D eigenvalue weighted by Gasteiger charge is -2.19. The molecule has 4 rings (SSSR count). The minimum Gasteiger partial charge on any atom is -0.463 e. The number of hydrogen-bond donors (Lipinski definition) is 2. The number of carbonyl (C=O) groups is 1. The minimum absolute atomic E-state index is 0.0259. The number of hydrogen-bond acceptors (Lipinski definition) is 4. The van der Waals surface area contributed by atoms with Crippen molar-refractivity contribution in [3.63, 3.8) is 0 Å². The zero-order valence-electron chi connectivity index (χ0n) is 15.9. The van der Waals surface area contributed by atoms with Crippen molar-refractivity contribution in [3.8, 4) is 0 Å². The van der Waals surface area contributed by atoms with Gasteiger partial charge in [0, 0.05) is 24.5 Å². The Bertz CT molecular complexity index is 815. The maximum Gasteiger partial charge on any atom is 0.279 e. The molecule has 6 nitrogen and oxygen atoms in total. The zero-order valence-corrected chi connectivity index (χ0v) is 15.9. The van der Waals surface area contributed by atoms with Crippen molar-refractivity contribution in [1.29, 1.82) is 0 Å². The van der Waals surface area contributed by atoms with E-state index in [4.69, 9.17) is 8.83 Å². The number of carbonyl (C=O) groups excluding carboxylic acids is 1. The van der Waals surface area contributed by atoms with Crippen molar-refractivity contribution in [3.05, 3.63) is 72.6 Å². The maximum absolute atomic E-state index is 12.6. The molecule has 1 aromatic carbocycles. The van der Waals surface area contributed by atoms with Gasteiger partial charge in [-0.1, -0.05) is 0 Å².